The maximum Gasteiger partial charge on any atom is 0.258 e. The fourth-order valence-electron chi connectivity index (χ4n) is 2.05. The number of halogens is 1. The number of benzene rings is 2. The molecule has 3 aromatic rings. The fourth-order valence-corrected chi connectivity index (χ4v) is 2.70. The van der Waals surface area contributed by atoms with E-state index in [1.165, 1.54) is 12.1 Å². The Hall–Kier alpha value is -2.66. The first-order valence-corrected chi connectivity index (χ1v) is 7.96. The molecule has 1 amide bonds. The highest BCUT2D eigenvalue weighted by Crippen LogP contribution is 2.20. The molecule has 5 heteroatoms. The van der Waals surface area contributed by atoms with Crippen LogP contribution in [0.3, 0.4) is 0 Å². The van der Waals surface area contributed by atoms with Gasteiger partial charge >= 0.3 is 0 Å². The second-order valence-electron chi connectivity index (χ2n) is 4.88. The lowest BCUT2D eigenvalue weighted by Crippen LogP contribution is -2.13. The molecule has 0 saturated heterocycles. The highest BCUT2D eigenvalue weighted by molar-refractivity contribution is 7.07. The first-order valence-electron chi connectivity index (χ1n) is 7.02. The number of hydrogen-bond donors (Lipinski definition) is 1. The molecule has 2 aromatic carbocycles. The summed E-state index contributed by atoms with van der Waals surface area (Å²) < 4.78 is 19.3. The van der Waals surface area contributed by atoms with Crippen molar-refractivity contribution in [1.29, 1.82) is 0 Å². The number of rotatable bonds is 5. The minimum atomic E-state index is -0.546. The van der Waals surface area contributed by atoms with Gasteiger partial charge in [0.05, 0.1) is 5.56 Å². The van der Waals surface area contributed by atoms with Gasteiger partial charge in [0.1, 0.15) is 18.2 Å². The first-order chi connectivity index (χ1) is 11.2. The molecule has 0 aliphatic heterocycles. The van der Waals surface area contributed by atoms with Crippen molar-refractivity contribution in [3.63, 3.8) is 0 Å². The van der Waals surface area contributed by atoms with Crippen LogP contribution in [0, 0.1) is 5.82 Å². The first kappa shape index (κ1) is 15.2. The van der Waals surface area contributed by atoms with Gasteiger partial charge in [-0.05, 0) is 46.7 Å². The topological polar surface area (TPSA) is 38.3 Å². The second-order valence-corrected chi connectivity index (χ2v) is 5.66. The third-order valence-electron chi connectivity index (χ3n) is 3.20. The lowest BCUT2D eigenvalue weighted by molar-refractivity contribution is 0.102. The van der Waals surface area contributed by atoms with E-state index in [0.717, 1.165) is 5.56 Å². The molecular weight excluding hydrogens is 313 g/mol. The lowest BCUT2D eigenvalue weighted by Gasteiger charge is -2.09. The molecule has 0 saturated carbocycles. The van der Waals surface area contributed by atoms with Crippen molar-refractivity contribution in [3.05, 3.63) is 82.3 Å². The molecule has 0 fully saturated rings. The predicted molar refractivity (Wildman–Crippen MR) is 89.4 cm³/mol. The van der Waals surface area contributed by atoms with E-state index in [0.29, 0.717) is 18.0 Å². The fraction of sp³-hybridized carbons (Fsp3) is 0.0556. The predicted octanol–water partition coefficient (Wildman–Crippen LogP) is 4.72. The van der Waals surface area contributed by atoms with E-state index >= 15 is 0 Å². The molecule has 0 radical (unpaired) electrons. The standard InChI is InChI=1S/C18H14FNO2S/c19-17-7-2-1-6-16(17)18(21)20-14-4-3-5-15(10-14)22-11-13-8-9-23-12-13/h1-10,12H,11H2,(H,20,21). The lowest BCUT2D eigenvalue weighted by atomic mass is 10.2. The van der Waals surface area contributed by atoms with Crippen LogP contribution in [0.5, 0.6) is 5.75 Å². The number of ether oxygens (including phenoxy) is 1. The molecule has 0 aliphatic carbocycles. The Balaban J connectivity index is 1.67. The zero-order chi connectivity index (χ0) is 16.1. The van der Waals surface area contributed by atoms with Gasteiger partial charge in [-0.15, -0.1) is 0 Å². The van der Waals surface area contributed by atoms with Gasteiger partial charge in [-0.25, -0.2) is 4.39 Å². The number of carbonyl (C=O) groups is 1. The second kappa shape index (κ2) is 7.07. The molecule has 0 aliphatic rings. The van der Waals surface area contributed by atoms with Crippen LogP contribution in [0.2, 0.25) is 0 Å². The molecule has 0 unspecified atom stereocenters. The van der Waals surface area contributed by atoms with E-state index in [1.807, 2.05) is 22.9 Å². The molecule has 3 rings (SSSR count). The van der Waals surface area contributed by atoms with Crippen LogP contribution in [0.1, 0.15) is 15.9 Å². The normalized spacial score (nSPS) is 10.3. The molecule has 116 valence electrons. The average molecular weight is 327 g/mol. The van der Waals surface area contributed by atoms with Gasteiger partial charge in [0.15, 0.2) is 0 Å². The highest BCUT2D eigenvalue weighted by Gasteiger charge is 2.11. The maximum atomic E-state index is 13.6. The summed E-state index contributed by atoms with van der Waals surface area (Å²) in [7, 11) is 0. The molecule has 1 aromatic heterocycles. The summed E-state index contributed by atoms with van der Waals surface area (Å²) in [5.74, 6) is -0.393. The summed E-state index contributed by atoms with van der Waals surface area (Å²) in [4.78, 5) is 12.1. The van der Waals surface area contributed by atoms with Crippen LogP contribution in [0.4, 0.5) is 10.1 Å². The molecule has 3 nitrogen and oxygen atoms in total. The molecule has 0 bridgehead atoms. The molecule has 23 heavy (non-hydrogen) atoms. The van der Waals surface area contributed by atoms with Gasteiger partial charge in [0, 0.05) is 11.8 Å². The van der Waals surface area contributed by atoms with Crippen LogP contribution in [-0.2, 0) is 6.61 Å². The minimum absolute atomic E-state index is 0.0112. The van der Waals surface area contributed by atoms with Gasteiger partial charge < -0.3 is 10.1 Å². The van der Waals surface area contributed by atoms with Crippen LogP contribution < -0.4 is 10.1 Å². The van der Waals surface area contributed by atoms with Gasteiger partial charge in [-0.2, -0.15) is 11.3 Å². The number of anilines is 1. The van der Waals surface area contributed by atoms with Gasteiger partial charge in [-0.3, -0.25) is 4.79 Å². The van der Waals surface area contributed by atoms with E-state index < -0.39 is 11.7 Å². The van der Waals surface area contributed by atoms with E-state index in [2.05, 4.69) is 5.32 Å². The Bertz CT molecular complexity index is 802. The average Bonchev–Trinajstić information content (AvgIpc) is 3.07. The van der Waals surface area contributed by atoms with Crippen LogP contribution >= 0.6 is 11.3 Å². The third kappa shape index (κ3) is 3.96. The number of amides is 1. The SMILES string of the molecule is O=C(Nc1cccc(OCc2ccsc2)c1)c1ccccc1F. The molecule has 1 N–H and O–H groups in total. The Kier molecular flexibility index (Phi) is 4.68. The van der Waals surface area contributed by atoms with E-state index in [-0.39, 0.29) is 5.56 Å². The van der Waals surface area contributed by atoms with Gasteiger partial charge in [-0.1, -0.05) is 18.2 Å². The summed E-state index contributed by atoms with van der Waals surface area (Å²) in [5, 5.41) is 6.68. The Morgan fingerprint density at radius 3 is 2.78 bits per heavy atom. The summed E-state index contributed by atoms with van der Waals surface area (Å²) >= 11 is 1.61. The smallest absolute Gasteiger partial charge is 0.258 e. The number of thiophene rings is 1. The van der Waals surface area contributed by atoms with E-state index in [1.54, 1.807) is 41.7 Å². The Morgan fingerprint density at radius 1 is 1.13 bits per heavy atom. The van der Waals surface area contributed by atoms with Crippen LogP contribution in [0.15, 0.2) is 65.4 Å². The Labute approximate surface area is 137 Å². The van der Waals surface area contributed by atoms with E-state index in [9.17, 15) is 9.18 Å². The van der Waals surface area contributed by atoms with Crippen LogP contribution in [-0.4, -0.2) is 5.91 Å². The molecule has 0 spiro atoms. The summed E-state index contributed by atoms with van der Waals surface area (Å²) in [5.41, 5.74) is 1.66. The number of carbonyl (C=O) groups excluding carboxylic acids is 1. The van der Waals surface area contributed by atoms with Crippen LogP contribution in [0.25, 0.3) is 0 Å². The monoisotopic (exact) mass is 327 g/mol. The third-order valence-corrected chi connectivity index (χ3v) is 3.93. The van der Waals surface area contributed by atoms with Crippen molar-refractivity contribution in [1.82, 2.24) is 0 Å². The molecule has 1 heterocycles. The van der Waals surface area contributed by atoms with Crippen molar-refractivity contribution in [2.75, 3.05) is 5.32 Å². The maximum absolute atomic E-state index is 13.6. The van der Waals surface area contributed by atoms with Crippen molar-refractivity contribution < 1.29 is 13.9 Å². The van der Waals surface area contributed by atoms with E-state index in [4.69, 9.17) is 4.74 Å². The largest absolute Gasteiger partial charge is 0.489 e. The molecule has 0 atom stereocenters. The summed E-state index contributed by atoms with van der Waals surface area (Å²) in [6, 6.07) is 14.9. The zero-order valence-electron chi connectivity index (χ0n) is 12.2. The van der Waals surface area contributed by atoms with Crippen molar-refractivity contribution in [2.45, 2.75) is 6.61 Å². The molecular formula is C18H14FNO2S. The number of hydrogen-bond acceptors (Lipinski definition) is 3. The zero-order valence-corrected chi connectivity index (χ0v) is 13.0. The minimum Gasteiger partial charge on any atom is -0.489 e. The summed E-state index contributed by atoms with van der Waals surface area (Å²) in [6.07, 6.45) is 0. The van der Waals surface area contributed by atoms with Gasteiger partial charge in [0.25, 0.3) is 5.91 Å². The van der Waals surface area contributed by atoms with Crippen molar-refractivity contribution >= 4 is 22.9 Å². The van der Waals surface area contributed by atoms with Crippen molar-refractivity contribution in [3.8, 4) is 5.75 Å². The van der Waals surface area contributed by atoms with Crippen molar-refractivity contribution in [2.24, 2.45) is 0 Å². The quantitative estimate of drug-likeness (QED) is 0.736. The Morgan fingerprint density at radius 2 is 2.00 bits per heavy atom. The number of nitrogens with one attached hydrogen (secondary N) is 1. The van der Waals surface area contributed by atoms with Gasteiger partial charge in [0.2, 0.25) is 0 Å². The highest BCUT2D eigenvalue weighted by atomic mass is 32.1. The summed E-state index contributed by atoms with van der Waals surface area (Å²) in [6.45, 7) is 0.466.